The predicted octanol–water partition coefficient (Wildman–Crippen LogP) is 3.28. The number of carbonyl (C=O) groups excluding carboxylic acids is 3. The molecular formula is C22H21F3N2O4. The molecule has 0 saturated heterocycles. The summed E-state index contributed by atoms with van der Waals surface area (Å²) in [7, 11) is 1.23. The standard InChI is InChI=1S/C22H21F3N2O4/c1-31-20(29)12-26-19(28)10-13-2-8-16(9-3-13)27-21(30)18-11-17(18)14-4-6-15(7-5-14)22(23,24)25/h2-9,17-18H,10-12H2,1H3,(H,26,28)(H,27,30). The van der Waals surface area contributed by atoms with Crippen LogP contribution in [0.25, 0.3) is 0 Å². The molecule has 0 aliphatic heterocycles. The number of nitrogens with one attached hydrogen (secondary N) is 2. The average molecular weight is 434 g/mol. The van der Waals surface area contributed by atoms with Crippen LogP contribution in [0.4, 0.5) is 18.9 Å². The number of esters is 1. The Morgan fingerprint density at radius 1 is 1.03 bits per heavy atom. The molecule has 2 aromatic carbocycles. The molecule has 6 nitrogen and oxygen atoms in total. The lowest BCUT2D eigenvalue weighted by Crippen LogP contribution is -2.31. The Morgan fingerprint density at radius 3 is 2.26 bits per heavy atom. The molecule has 0 bridgehead atoms. The van der Waals surface area contributed by atoms with Crippen LogP contribution in [0.1, 0.15) is 29.0 Å². The molecule has 1 aliphatic rings. The Balaban J connectivity index is 1.49. The number of amides is 2. The van der Waals surface area contributed by atoms with Gasteiger partial charge in [-0.1, -0.05) is 24.3 Å². The predicted molar refractivity (Wildman–Crippen MR) is 106 cm³/mol. The number of ether oxygens (including phenoxy) is 1. The van der Waals surface area contributed by atoms with Gasteiger partial charge in [0.05, 0.1) is 19.1 Å². The lowest BCUT2D eigenvalue weighted by Gasteiger charge is -2.08. The third-order valence-electron chi connectivity index (χ3n) is 5.04. The van der Waals surface area contributed by atoms with Gasteiger partial charge in [0.25, 0.3) is 0 Å². The van der Waals surface area contributed by atoms with Crippen molar-refractivity contribution in [3.63, 3.8) is 0 Å². The van der Waals surface area contributed by atoms with E-state index in [1.54, 1.807) is 24.3 Å². The Morgan fingerprint density at radius 2 is 1.68 bits per heavy atom. The van der Waals surface area contributed by atoms with E-state index in [1.807, 2.05) is 0 Å². The summed E-state index contributed by atoms with van der Waals surface area (Å²) in [4.78, 5) is 35.2. The van der Waals surface area contributed by atoms with Crippen LogP contribution in [-0.4, -0.2) is 31.4 Å². The number of rotatable bonds is 7. The molecule has 164 valence electrons. The second-order valence-corrected chi connectivity index (χ2v) is 7.28. The zero-order chi connectivity index (χ0) is 22.6. The number of hydrogen-bond donors (Lipinski definition) is 2. The summed E-state index contributed by atoms with van der Waals surface area (Å²) in [5.41, 5.74) is 1.26. The van der Waals surface area contributed by atoms with Crippen molar-refractivity contribution in [1.82, 2.24) is 5.32 Å². The molecule has 9 heteroatoms. The molecule has 0 spiro atoms. The molecule has 31 heavy (non-hydrogen) atoms. The fourth-order valence-electron chi connectivity index (χ4n) is 3.20. The van der Waals surface area contributed by atoms with Crippen molar-refractivity contribution in [3.05, 3.63) is 65.2 Å². The average Bonchev–Trinajstić information content (AvgIpc) is 3.54. The summed E-state index contributed by atoms with van der Waals surface area (Å²) in [5, 5.41) is 5.23. The maximum atomic E-state index is 12.7. The van der Waals surface area contributed by atoms with Crippen molar-refractivity contribution in [2.75, 3.05) is 19.0 Å². The summed E-state index contributed by atoms with van der Waals surface area (Å²) in [6.45, 7) is -0.203. The molecule has 2 unspecified atom stereocenters. The van der Waals surface area contributed by atoms with Gasteiger partial charge in [0.2, 0.25) is 11.8 Å². The van der Waals surface area contributed by atoms with E-state index in [9.17, 15) is 27.6 Å². The maximum Gasteiger partial charge on any atom is 0.416 e. The van der Waals surface area contributed by atoms with Gasteiger partial charge in [-0.3, -0.25) is 14.4 Å². The zero-order valence-electron chi connectivity index (χ0n) is 16.7. The Kier molecular flexibility index (Phi) is 6.62. The molecule has 2 amide bonds. The van der Waals surface area contributed by atoms with Crippen molar-refractivity contribution in [2.45, 2.75) is 24.9 Å². The summed E-state index contributed by atoms with van der Waals surface area (Å²) < 4.78 is 42.4. The maximum absolute atomic E-state index is 12.7. The molecule has 0 heterocycles. The molecule has 2 N–H and O–H groups in total. The van der Waals surface area contributed by atoms with Crippen molar-refractivity contribution < 1.29 is 32.3 Å². The molecule has 0 radical (unpaired) electrons. The third-order valence-corrected chi connectivity index (χ3v) is 5.04. The van der Waals surface area contributed by atoms with E-state index in [4.69, 9.17) is 0 Å². The Labute approximate surface area is 176 Å². The van der Waals surface area contributed by atoms with Crippen LogP contribution in [0, 0.1) is 5.92 Å². The first-order valence-corrected chi connectivity index (χ1v) is 9.58. The van der Waals surface area contributed by atoms with E-state index in [-0.39, 0.29) is 36.6 Å². The molecular weight excluding hydrogens is 413 g/mol. The number of benzene rings is 2. The fourth-order valence-corrected chi connectivity index (χ4v) is 3.20. The second kappa shape index (κ2) is 9.20. The van der Waals surface area contributed by atoms with Crippen LogP contribution in [0.2, 0.25) is 0 Å². The van der Waals surface area contributed by atoms with Gasteiger partial charge in [0.15, 0.2) is 0 Å². The fraction of sp³-hybridized carbons (Fsp3) is 0.318. The van der Waals surface area contributed by atoms with E-state index in [0.717, 1.165) is 12.1 Å². The lowest BCUT2D eigenvalue weighted by molar-refractivity contribution is -0.141. The monoisotopic (exact) mass is 434 g/mol. The van der Waals surface area contributed by atoms with E-state index in [1.165, 1.54) is 19.2 Å². The van der Waals surface area contributed by atoms with E-state index in [0.29, 0.717) is 23.2 Å². The van der Waals surface area contributed by atoms with Gasteiger partial charge in [-0.05, 0) is 47.7 Å². The largest absolute Gasteiger partial charge is 0.468 e. The molecule has 2 aromatic rings. The number of carbonyl (C=O) groups is 3. The molecule has 1 saturated carbocycles. The summed E-state index contributed by atoms with van der Waals surface area (Å²) in [6.07, 6.45) is -3.73. The number of alkyl halides is 3. The van der Waals surface area contributed by atoms with Gasteiger partial charge in [-0.2, -0.15) is 13.2 Å². The second-order valence-electron chi connectivity index (χ2n) is 7.28. The van der Waals surface area contributed by atoms with Gasteiger partial charge >= 0.3 is 12.1 Å². The van der Waals surface area contributed by atoms with Crippen LogP contribution in [-0.2, 0) is 31.7 Å². The van der Waals surface area contributed by atoms with E-state index >= 15 is 0 Å². The first kappa shape index (κ1) is 22.3. The molecule has 3 rings (SSSR count). The van der Waals surface area contributed by atoms with Crippen LogP contribution in [0.15, 0.2) is 48.5 Å². The van der Waals surface area contributed by atoms with Crippen LogP contribution in [0.3, 0.4) is 0 Å². The molecule has 1 aliphatic carbocycles. The van der Waals surface area contributed by atoms with E-state index < -0.39 is 17.7 Å². The number of halogens is 3. The van der Waals surface area contributed by atoms with Crippen molar-refractivity contribution in [1.29, 1.82) is 0 Å². The first-order valence-electron chi connectivity index (χ1n) is 9.58. The summed E-state index contributed by atoms with van der Waals surface area (Å²) in [5.74, 6) is -1.46. The minimum atomic E-state index is -4.38. The van der Waals surface area contributed by atoms with Gasteiger partial charge in [0, 0.05) is 11.6 Å². The Bertz CT molecular complexity index is 956. The quantitative estimate of drug-likeness (QED) is 0.655. The minimum Gasteiger partial charge on any atom is -0.468 e. The molecule has 2 atom stereocenters. The van der Waals surface area contributed by atoms with Gasteiger partial charge in [0.1, 0.15) is 6.54 Å². The van der Waals surface area contributed by atoms with Crippen LogP contribution >= 0.6 is 0 Å². The highest BCUT2D eigenvalue weighted by Gasteiger charge is 2.44. The van der Waals surface area contributed by atoms with Gasteiger partial charge in [-0.15, -0.1) is 0 Å². The number of anilines is 1. The smallest absolute Gasteiger partial charge is 0.416 e. The third kappa shape index (κ3) is 6.07. The topological polar surface area (TPSA) is 84.5 Å². The van der Waals surface area contributed by atoms with Crippen LogP contribution < -0.4 is 10.6 Å². The normalized spacial score (nSPS) is 17.5. The first-order chi connectivity index (χ1) is 14.7. The lowest BCUT2D eigenvalue weighted by atomic mass is 10.1. The van der Waals surface area contributed by atoms with Crippen LogP contribution in [0.5, 0.6) is 0 Å². The SMILES string of the molecule is COC(=O)CNC(=O)Cc1ccc(NC(=O)C2CC2c2ccc(C(F)(F)F)cc2)cc1. The zero-order valence-corrected chi connectivity index (χ0v) is 16.7. The number of hydrogen-bond acceptors (Lipinski definition) is 4. The molecule has 1 fully saturated rings. The Hall–Kier alpha value is -3.36. The highest BCUT2D eigenvalue weighted by atomic mass is 19.4. The number of methoxy groups -OCH3 is 1. The summed E-state index contributed by atoms with van der Waals surface area (Å²) in [6, 6.07) is 11.6. The van der Waals surface area contributed by atoms with E-state index in [2.05, 4.69) is 15.4 Å². The van der Waals surface area contributed by atoms with Crippen molar-refractivity contribution in [3.8, 4) is 0 Å². The van der Waals surface area contributed by atoms with Crippen molar-refractivity contribution in [2.24, 2.45) is 5.92 Å². The highest BCUT2D eigenvalue weighted by Crippen LogP contribution is 2.48. The molecule has 0 aromatic heterocycles. The van der Waals surface area contributed by atoms with Gasteiger partial charge < -0.3 is 15.4 Å². The highest BCUT2D eigenvalue weighted by molar-refractivity contribution is 5.95. The summed E-state index contributed by atoms with van der Waals surface area (Å²) >= 11 is 0. The van der Waals surface area contributed by atoms with Gasteiger partial charge in [-0.25, -0.2) is 0 Å². The minimum absolute atomic E-state index is 0.0733. The van der Waals surface area contributed by atoms with Crippen molar-refractivity contribution >= 4 is 23.5 Å².